The van der Waals surface area contributed by atoms with Gasteiger partial charge in [0.2, 0.25) is 0 Å². The normalized spacial score (nSPS) is 18.4. The van der Waals surface area contributed by atoms with Crippen LogP contribution in [-0.2, 0) is 22.9 Å². The molecule has 0 radical (unpaired) electrons. The Kier molecular flexibility index (Phi) is 7.49. The Morgan fingerprint density at radius 2 is 1.93 bits per heavy atom. The fourth-order valence-corrected chi connectivity index (χ4v) is 4.56. The zero-order valence-corrected chi connectivity index (χ0v) is 19.6. The van der Waals surface area contributed by atoms with Crippen molar-refractivity contribution in [2.45, 2.75) is 31.7 Å². The van der Waals surface area contributed by atoms with Gasteiger partial charge in [-0.2, -0.15) is 0 Å². The topological polar surface area (TPSA) is 79.6 Å². The summed E-state index contributed by atoms with van der Waals surface area (Å²) < 4.78 is 25.6. The van der Waals surface area contributed by atoms with Crippen LogP contribution in [0.1, 0.15) is 25.0 Å². The molecule has 2 aromatic rings. The van der Waals surface area contributed by atoms with Gasteiger partial charge in [0, 0.05) is 45.6 Å². The van der Waals surface area contributed by atoms with Gasteiger partial charge in [-0.15, -0.1) is 24.0 Å². The Bertz CT molecular complexity index is 893. The van der Waals surface area contributed by atoms with E-state index in [2.05, 4.69) is 39.6 Å². The van der Waals surface area contributed by atoms with Crippen LogP contribution in [0.2, 0.25) is 0 Å². The summed E-state index contributed by atoms with van der Waals surface area (Å²) in [7, 11) is -1.33. The number of aliphatic imine (C=N–C) groups is 1. The Balaban J connectivity index is 0.00000280. The van der Waals surface area contributed by atoms with Crippen LogP contribution in [0.25, 0.3) is 0 Å². The lowest BCUT2D eigenvalue weighted by atomic mass is 10.1. The van der Waals surface area contributed by atoms with Gasteiger partial charge in [0.15, 0.2) is 15.8 Å². The van der Waals surface area contributed by atoms with Gasteiger partial charge in [-0.1, -0.05) is 24.3 Å². The molecule has 1 N–H and O–H groups in total. The summed E-state index contributed by atoms with van der Waals surface area (Å²) in [6.45, 7) is 5.91. The summed E-state index contributed by atoms with van der Waals surface area (Å²) in [5.74, 6) is 0.893. The maximum absolute atomic E-state index is 12.2. The molecule has 0 unspecified atom stereocenters. The van der Waals surface area contributed by atoms with E-state index in [1.54, 1.807) is 33.4 Å². The Labute approximate surface area is 184 Å². The summed E-state index contributed by atoms with van der Waals surface area (Å²) in [4.78, 5) is 10.4. The Hall–Kier alpha value is -1.62. The van der Waals surface area contributed by atoms with Crippen LogP contribution in [0.15, 0.2) is 48.0 Å². The average Bonchev–Trinajstić information content (AvgIpc) is 3.13. The second-order valence-corrected chi connectivity index (χ2v) is 10.2. The van der Waals surface area contributed by atoms with E-state index in [0.717, 1.165) is 18.1 Å². The molecule has 1 aliphatic rings. The number of imidazole rings is 1. The van der Waals surface area contributed by atoms with Crippen LogP contribution in [0.4, 0.5) is 0 Å². The highest BCUT2D eigenvalue weighted by Gasteiger charge is 2.40. The number of hydrogen-bond acceptors (Lipinski definition) is 4. The molecular formula is C19H28IN5O2S. The smallest absolute Gasteiger partial charge is 0.193 e. The first-order chi connectivity index (χ1) is 12.8. The molecule has 0 aliphatic carbocycles. The van der Waals surface area contributed by atoms with E-state index in [4.69, 9.17) is 0 Å². The number of nitrogens with one attached hydrogen (secondary N) is 1. The van der Waals surface area contributed by atoms with Gasteiger partial charge in [-0.05, 0) is 25.0 Å². The second kappa shape index (κ2) is 9.25. The zero-order chi connectivity index (χ0) is 19.5. The zero-order valence-electron chi connectivity index (χ0n) is 16.5. The van der Waals surface area contributed by atoms with Crippen molar-refractivity contribution in [1.29, 1.82) is 0 Å². The average molecular weight is 517 g/mol. The summed E-state index contributed by atoms with van der Waals surface area (Å²) >= 11 is 0. The number of aromatic nitrogens is 2. The van der Waals surface area contributed by atoms with Gasteiger partial charge in [0.25, 0.3) is 0 Å². The Morgan fingerprint density at radius 3 is 2.50 bits per heavy atom. The van der Waals surface area contributed by atoms with E-state index in [1.165, 1.54) is 5.56 Å². The van der Waals surface area contributed by atoms with Crippen LogP contribution in [-0.4, -0.2) is 59.5 Å². The third-order valence-electron chi connectivity index (χ3n) is 4.95. The predicted molar refractivity (Wildman–Crippen MR) is 123 cm³/mol. The van der Waals surface area contributed by atoms with Gasteiger partial charge in [0.05, 0.1) is 16.8 Å². The van der Waals surface area contributed by atoms with E-state index in [0.29, 0.717) is 19.6 Å². The first kappa shape index (κ1) is 22.7. The van der Waals surface area contributed by atoms with Crippen LogP contribution < -0.4 is 5.32 Å². The molecule has 1 aromatic carbocycles. The number of rotatable bonds is 4. The van der Waals surface area contributed by atoms with Crippen LogP contribution in [0, 0.1) is 0 Å². The van der Waals surface area contributed by atoms with Crippen molar-refractivity contribution in [3.8, 4) is 0 Å². The molecule has 9 heteroatoms. The molecule has 7 nitrogen and oxygen atoms in total. The van der Waals surface area contributed by atoms with Crippen molar-refractivity contribution < 1.29 is 8.42 Å². The highest BCUT2D eigenvalue weighted by atomic mass is 127. The summed E-state index contributed by atoms with van der Waals surface area (Å²) in [5, 5.41) is 3.35. The number of hydrogen-bond donors (Lipinski definition) is 1. The van der Waals surface area contributed by atoms with Crippen molar-refractivity contribution in [2.24, 2.45) is 4.99 Å². The van der Waals surface area contributed by atoms with Crippen molar-refractivity contribution in [3.05, 3.63) is 54.1 Å². The largest absolute Gasteiger partial charge is 0.352 e. The minimum Gasteiger partial charge on any atom is -0.352 e. The first-order valence-corrected chi connectivity index (χ1v) is 10.7. The minimum atomic E-state index is -3.06. The molecule has 2 heterocycles. The lowest BCUT2D eigenvalue weighted by Gasteiger charge is -2.39. The predicted octanol–water partition coefficient (Wildman–Crippen LogP) is 2.13. The third-order valence-corrected chi connectivity index (χ3v) is 7.49. The van der Waals surface area contributed by atoms with Gasteiger partial charge < -0.3 is 14.8 Å². The maximum atomic E-state index is 12.2. The molecule has 1 aliphatic heterocycles. The van der Waals surface area contributed by atoms with E-state index in [1.807, 2.05) is 15.7 Å². The number of sulfone groups is 1. The van der Waals surface area contributed by atoms with Gasteiger partial charge in [-0.3, -0.25) is 4.99 Å². The molecular weight excluding hydrogens is 489 g/mol. The molecule has 0 atom stereocenters. The molecule has 0 spiro atoms. The molecule has 1 saturated heterocycles. The fraction of sp³-hybridized carbons (Fsp3) is 0.474. The SMILES string of the molecule is CN=C(NCc1ccc(Cn2ccnc2)cc1)N1CCS(=O)(=O)C(C)(C)C1.I. The van der Waals surface area contributed by atoms with Gasteiger partial charge >= 0.3 is 0 Å². The lowest BCUT2D eigenvalue weighted by Crippen LogP contribution is -2.57. The number of guanidine groups is 1. The molecule has 154 valence electrons. The van der Waals surface area contributed by atoms with Crippen molar-refractivity contribution >= 4 is 39.8 Å². The first-order valence-electron chi connectivity index (χ1n) is 9.02. The van der Waals surface area contributed by atoms with Crippen molar-refractivity contribution in [3.63, 3.8) is 0 Å². The van der Waals surface area contributed by atoms with E-state index >= 15 is 0 Å². The Morgan fingerprint density at radius 1 is 1.25 bits per heavy atom. The second-order valence-electron chi connectivity index (χ2n) is 7.45. The quantitative estimate of drug-likeness (QED) is 0.382. The molecule has 0 bridgehead atoms. The summed E-state index contributed by atoms with van der Waals surface area (Å²) in [6.07, 6.45) is 5.52. The van der Waals surface area contributed by atoms with Crippen LogP contribution >= 0.6 is 24.0 Å². The molecule has 28 heavy (non-hydrogen) atoms. The monoisotopic (exact) mass is 517 g/mol. The fourth-order valence-electron chi connectivity index (χ4n) is 3.19. The van der Waals surface area contributed by atoms with Crippen molar-refractivity contribution in [2.75, 3.05) is 25.9 Å². The number of nitrogens with zero attached hydrogens (tertiary/aromatic N) is 4. The standard InChI is InChI=1S/C19H27N5O2S.HI/c1-19(2)14-24(10-11-27(19,25)26)18(20-3)22-12-16-4-6-17(7-5-16)13-23-9-8-21-15-23;/h4-9,15H,10-14H2,1-3H3,(H,20,22);1H. The molecule has 3 rings (SSSR count). The van der Waals surface area contributed by atoms with Gasteiger partial charge in [-0.25, -0.2) is 13.4 Å². The maximum Gasteiger partial charge on any atom is 0.193 e. The van der Waals surface area contributed by atoms with E-state index in [9.17, 15) is 8.42 Å². The third kappa shape index (κ3) is 5.25. The summed E-state index contributed by atoms with van der Waals surface area (Å²) in [6, 6.07) is 8.40. The highest BCUT2D eigenvalue weighted by Crippen LogP contribution is 2.23. The number of halogens is 1. The van der Waals surface area contributed by atoms with E-state index < -0.39 is 14.6 Å². The molecule has 1 fully saturated rings. The molecule has 0 amide bonds. The minimum absolute atomic E-state index is 0. The van der Waals surface area contributed by atoms with E-state index in [-0.39, 0.29) is 29.7 Å². The van der Waals surface area contributed by atoms with Crippen LogP contribution in [0.3, 0.4) is 0 Å². The van der Waals surface area contributed by atoms with Crippen LogP contribution in [0.5, 0.6) is 0 Å². The van der Waals surface area contributed by atoms with Gasteiger partial charge in [0.1, 0.15) is 0 Å². The molecule has 1 aromatic heterocycles. The van der Waals surface area contributed by atoms with Crippen molar-refractivity contribution in [1.82, 2.24) is 19.8 Å². The summed E-state index contributed by atoms with van der Waals surface area (Å²) in [5.41, 5.74) is 2.36. The number of benzene rings is 1. The highest BCUT2D eigenvalue weighted by molar-refractivity contribution is 14.0. The molecule has 0 saturated carbocycles. The lowest BCUT2D eigenvalue weighted by molar-refractivity contribution is 0.353.